The first kappa shape index (κ1) is 20.2. The molecule has 0 saturated carbocycles. The lowest BCUT2D eigenvalue weighted by molar-refractivity contribution is 0.354. The van der Waals surface area contributed by atoms with Gasteiger partial charge in [-0.3, -0.25) is 0 Å². The third-order valence-electron chi connectivity index (χ3n) is 4.05. The summed E-state index contributed by atoms with van der Waals surface area (Å²) in [6, 6.07) is 21.8. The summed E-state index contributed by atoms with van der Waals surface area (Å²) in [7, 11) is 6.61. The van der Waals surface area contributed by atoms with Crippen molar-refractivity contribution in [3.05, 3.63) is 72.3 Å². The minimum absolute atomic E-state index is 0.776. The lowest BCUT2D eigenvalue weighted by Gasteiger charge is -2.06. The highest BCUT2D eigenvalue weighted by Gasteiger charge is 2.01. The van der Waals surface area contributed by atoms with E-state index in [4.69, 9.17) is 18.9 Å². The molecule has 142 valence electrons. The van der Waals surface area contributed by atoms with Crippen molar-refractivity contribution in [2.75, 3.05) is 28.4 Å². The van der Waals surface area contributed by atoms with Gasteiger partial charge in [0.2, 0.25) is 0 Å². The second-order valence-corrected chi connectivity index (χ2v) is 5.82. The minimum Gasteiger partial charge on any atom is -0.497 e. The summed E-state index contributed by atoms with van der Waals surface area (Å²) in [6.07, 6.45) is 0. The van der Waals surface area contributed by atoms with Crippen LogP contribution in [0.5, 0.6) is 23.0 Å². The molecule has 0 bridgehead atoms. The fourth-order valence-electron chi connectivity index (χ4n) is 2.51. The monoisotopic (exact) mass is 366 g/mol. The molecule has 0 amide bonds. The third kappa shape index (κ3) is 5.68. The molecule has 0 aromatic heterocycles. The smallest absolute Gasteiger partial charge is 0.160 e. The number of ether oxygens (including phenoxy) is 4. The Morgan fingerprint density at radius 1 is 0.481 bits per heavy atom. The number of benzene rings is 3. The Kier molecular flexibility index (Phi) is 7.56. The Morgan fingerprint density at radius 3 is 1.30 bits per heavy atom. The summed E-state index contributed by atoms with van der Waals surface area (Å²) in [6.45, 7) is 2.02. The van der Waals surface area contributed by atoms with Crippen LogP contribution < -0.4 is 18.9 Å². The number of aryl methyl sites for hydroxylation is 1. The van der Waals surface area contributed by atoms with Gasteiger partial charge in [-0.05, 0) is 60.0 Å². The second-order valence-electron chi connectivity index (χ2n) is 5.82. The summed E-state index contributed by atoms with van der Waals surface area (Å²) in [5, 5.41) is 0. The molecular formula is C23H26O4. The molecule has 0 spiro atoms. The van der Waals surface area contributed by atoms with Crippen LogP contribution in [0.2, 0.25) is 0 Å². The maximum absolute atomic E-state index is 5.12. The largest absolute Gasteiger partial charge is 0.497 e. The zero-order valence-corrected chi connectivity index (χ0v) is 16.5. The van der Waals surface area contributed by atoms with Crippen molar-refractivity contribution in [1.82, 2.24) is 0 Å². The summed E-state index contributed by atoms with van der Waals surface area (Å²) < 4.78 is 20.4. The molecule has 0 heterocycles. The second kappa shape index (κ2) is 10.1. The van der Waals surface area contributed by atoms with Gasteiger partial charge in [-0.25, -0.2) is 0 Å². The lowest BCUT2D eigenvalue weighted by atomic mass is 10.1. The van der Waals surface area contributed by atoms with E-state index < -0.39 is 0 Å². The molecule has 0 fully saturated rings. The van der Waals surface area contributed by atoms with Gasteiger partial charge >= 0.3 is 0 Å². The third-order valence-corrected chi connectivity index (χ3v) is 4.05. The van der Waals surface area contributed by atoms with Crippen LogP contribution in [0.25, 0.3) is 11.1 Å². The first-order chi connectivity index (χ1) is 13.1. The molecule has 3 aromatic carbocycles. The van der Waals surface area contributed by atoms with E-state index in [2.05, 4.69) is 0 Å². The van der Waals surface area contributed by atoms with Crippen molar-refractivity contribution in [2.24, 2.45) is 0 Å². The van der Waals surface area contributed by atoms with Crippen LogP contribution in [0.15, 0.2) is 66.7 Å². The number of rotatable bonds is 5. The fraction of sp³-hybridized carbons (Fsp3) is 0.217. The average Bonchev–Trinajstić information content (AvgIpc) is 2.74. The van der Waals surface area contributed by atoms with E-state index in [1.54, 1.807) is 28.4 Å². The van der Waals surface area contributed by atoms with Gasteiger partial charge in [-0.15, -0.1) is 0 Å². The Morgan fingerprint density at radius 2 is 0.926 bits per heavy atom. The molecule has 4 heteroatoms. The van der Waals surface area contributed by atoms with Crippen molar-refractivity contribution in [2.45, 2.75) is 6.92 Å². The van der Waals surface area contributed by atoms with Crippen LogP contribution in [-0.4, -0.2) is 28.4 Å². The summed E-state index contributed by atoms with van der Waals surface area (Å²) in [5.41, 5.74) is 3.51. The van der Waals surface area contributed by atoms with Crippen molar-refractivity contribution in [3.8, 4) is 34.1 Å². The van der Waals surface area contributed by atoms with Crippen LogP contribution in [0.1, 0.15) is 5.56 Å². The van der Waals surface area contributed by atoms with E-state index in [9.17, 15) is 0 Å². The van der Waals surface area contributed by atoms with E-state index in [1.165, 1.54) is 16.7 Å². The lowest BCUT2D eigenvalue weighted by Crippen LogP contribution is -1.90. The zero-order valence-electron chi connectivity index (χ0n) is 16.5. The van der Waals surface area contributed by atoms with Crippen molar-refractivity contribution >= 4 is 0 Å². The highest BCUT2D eigenvalue weighted by Crippen LogP contribution is 2.27. The highest BCUT2D eigenvalue weighted by atomic mass is 16.5. The maximum atomic E-state index is 5.12. The minimum atomic E-state index is 0.776. The molecule has 0 atom stereocenters. The molecule has 27 heavy (non-hydrogen) atoms. The van der Waals surface area contributed by atoms with Crippen molar-refractivity contribution in [1.29, 1.82) is 0 Å². The van der Waals surface area contributed by atoms with Gasteiger partial charge in [0.1, 0.15) is 11.5 Å². The van der Waals surface area contributed by atoms with Gasteiger partial charge in [0.15, 0.2) is 11.5 Å². The summed E-state index contributed by atoms with van der Waals surface area (Å²) in [5.74, 6) is 3.31. The van der Waals surface area contributed by atoms with Crippen LogP contribution in [0.3, 0.4) is 0 Å². The predicted octanol–water partition coefficient (Wildman–Crippen LogP) is 5.38. The molecule has 0 aliphatic rings. The molecule has 0 aliphatic carbocycles. The quantitative estimate of drug-likeness (QED) is 0.607. The Balaban J connectivity index is 0.000000208. The molecular weight excluding hydrogens is 340 g/mol. The van der Waals surface area contributed by atoms with Crippen molar-refractivity contribution in [3.63, 3.8) is 0 Å². The maximum Gasteiger partial charge on any atom is 0.160 e. The summed E-state index contributed by atoms with van der Waals surface area (Å²) in [4.78, 5) is 0. The molecule has 0 N–H and O–H groups in total. The number of methoxy groups -OCH3 is 4. The Hall–Kier alpha value is -3.14. The number of hydrogen-bond acceptors (Lipinski definition) is 4. The molecule has 0 saturated heterocycles. The van der Waals surface area contributed by atoms with Crippen LogP contribution in [0.4, 0.5) is 0 Å². The molecule has 0 unspecified atom stereocenters. The van der Waals surface area contributed by atoms with Gasteiger partial charge in [-0.1, -0.05) is 30.3 Å². The van der Waals surface area contributed by atoms with Gasteiger partial charge in [0.25, 0.3) is 0 Å². The molecule has 3 aromatic rings. The molecule has 0 radical (unpaired) electrons. The normalized spacial score (nSPS) is 9.67. The van der Waals surface area contributed by atoms with Gasteiger partial charge in [-0.2, -0.15) is 0 Å². The van der Waals surface area contributed by atoms with E-state index in [0.717, 1.165) is 23.0 Å². The van der Waals surface area contributed by atoms with Crippen LogP contribution in [-0.2, 0) is 0 Å². The van der Waals surface area contributed by atoms with Crippen molar-refractivity contribution < 1.29 is 18.9 Å². The van der Waals surface area contributed by atoms with Gasteiger partial charge in [0, 0.05) is 0 Å². The standard InChI is InChI=1S/C14H14O2.C9H12O2/c1-15-13-7-3-11(4-8-13)12-5-9-14(16-2)10-6-12;1-7-4-5-8(10-2)9(6-7)11-3/h3-10H,1-2H3;4-6H,1-3H3. The molecule has 3 rings (SSSR count). The highest BCUT2D eigenvalue weighted by molar-refractivity contribution is 5.64. The molecule has 0 aliphatic heterocycles. The van der Waals surface area contributed by atoms with Crippen LogP contribution in [0, 0.1) is 6.92 Å². The van der Waals surface area contributed by atoms with Gasteiger partial charge in [0.05, 0.1) is 28.4 Å². The SMILES string of the molecule is COc1ccc(-c2ccc(OC)cc2)cc1.COc1ccc(C)cc1OC. The van der Waals surface area contributed by atoms with E-state index >= 15 is 0 Å². The van der Waals surface area contributed by atoms with E-state index in [1.807, 2.05) is 73.7 Å². The average molecular weight is 366 g/mol. The number of hydrogen-bond donors (Lipinski definition) is 0. The topological polar surface area (TPSA) is 36.9 Å². The predicted molar refractivity (Wildman–Crippen MR) is 109 cm³/mol. The van der Waals surface area contributed by atoms with Crippen LogP contribution >= 0.6 is 0 Å². The van der Waals surface area contributed by atoms with E-state index in [0.29, 0.717) is 0 Å². The first-order valence-corrected chi connectivity index (χ1v) is 8.58. The Labute approximate surface area is 161 Å². The van der Waals surface area contributed by atoms with Gasteiger partial charge < -0.3 is 18.9 Å². The summed E-state index contributed by atoms with van der Waals surface area (Å²) >= 11 is 0. The first-order valence-electron chi connectivity index (χ1n) is 8.58. The van der Waals surface area contributed by atoms with E-state index in [-0.39, 0.29) is 0 Å². The Bertz CT molecular complexity index is 779. The fourth-order valence-corrected chi connectivity index (χ4v) is 2.51. The molecule has 4 nitrogen and oxygen atoms in total. The zero-order chi connectivity index (χ0) is 19.6.